The number of hydrogen-bond donors (Lipinski definition) is 2. The largest absolute Gasteiger partial charge is 0.354 e. The van der Waals surface area contributed by atoms with E-state index in [1.54, 1.807) is 0 Å². The number of halogens is 1. The molecule has 0 radical (unpaired) electrons. The molecular weight excluding hydrogens is 248 g/mol. The number of hydrogen-bond acceptors (Lipinski definition) is 2. The Balaban J connectivity index is 0.00000162. The Labute approximate surface area is 115 Å². The summed E-state index contributed by atoms with van der Waals surface area (Å²) >= 11 is 0. The minimum Gasteiger partial charge on any atom is -0.354 e. The average Bonchev–Trinajstić information content (AvgIpc) is 2.94. The molecule has 1 aromatic carbocycles. The molecule has 1 amide bonds. The van der Waals surface area contributed by atoms with Gasteiger partial charge in [0.2, 0.25) is 5.91 Å². The minimum absolute atomic E-state index is 0. The molecule has 100 valence electrons. The number of benzene rings is 1. The molecule has 0 spiro atoms. The summed E-state index contributed by atoms with van der Waals surface area (Å²) in [6, 6.07) is 8.91. The highest BCUT2D eigenvalue weighted by Gasteiger charge is 2.45. The Bertz CT molecular complexity index is 406. The highest BCUT2D eigenvalue weighted by atomic mass is 35.5. The maximum absolute atomic E-state index is 11.9. The molecule has 3 nitrogen and oxygen atoms in total. The van der Waals surface area contributed by atoms with E-state index >= 15 is 0 Å². The third-order valence-electron chi connectivity index (χ3n) is 3.68. The summed E-state index contributed by atoms with van der Waals surface area (Å²) in [4.78, 5) is 11.9. The number of nitrogens with two attached hydrogens (primary N) is 1. The Kier molecular flexibility index (Phi) is 4.77. The van der Waals surface area contributed by atoms with Gasteiger partial charge in [-0.25, -0.2) is 0 Å². The zero-order chi connectivity index (χ0) is 12.5. The van der Waals surface area contributed by atoms with Crippen molar-refractivity contribution in [3.05, 3.63) is 35.9 Å². The molecule has 1 aromatic rings. The first-order valence-corrected chi connectivity index (χ1v) is 6.09. The van der Waals surface area contributed by atoms with Crippen molar-refractivity contribution in [3.63, 3.8) is 0 Å². The maximum atomic E-state index is 11.9. The minimum atomic E-state index is -0.557. The summed E-state index contributed by atoms with van der Waals surface area (Å²) in [7, 11) is 0. The molecule has 1 fully saturated rings. The standard InChI is InChI=1S/C14H20N2O.ClH/c1-14(2)8-11(14)9-16-13(17)12(15)10-6-4-3-5-7-10;/h3-7,11-12H,8-9,15H2,1-2H3,(H,16,17);1H. The molecule has 0 bridgehead atoms. The van der Waals surface area contributed by atoms with Crippen LogP contribution >= 0.6 is 12.4 Å². The number of rotatable bonds is 4. The van der Waals surface area contributed by atoms with Crippen LogP contribution in [0.1, 0.15) is 31.9 Å². The lowest BCUT2D eigenvalue weighted by Crippen LogP contribution is -2.35. The highest BCUT2D eigenvalue weighted by molar-refractivity contribution is 5.85. The lowest BCUT2D eigenvalue weighted by Gasteiger charge is -2.13. The molecule has 0 aliphatic heterocycles. The third-order valence-corrected chi connectivity index (χ3v) is 3.68. The number of carbonyl (C=O) groups is 1. The van der Waals surface area contributed by atoms with E-state index in [1.807, 2.05) is 30.3 Å². The molecule has 2 atom stereocenters. The van der Waals surface area contributed by atoms with Crippen LogP contribution in [0, 0.1) is 11.3 Å². The van der Waals surface area contributed by atoms with Crippen molar-refractivity contribution in [3.8, 4) is 0 Å². The first-order valence-electron chi connectivity index (χ1n) is 6.09. The number of nitrogens with one attached hydrogen (secondary N) is 1. The van der Waals surface area contributed by atoms with E-state index in [1.165, 1.54) is 6.42 Å². The Morgan fingerprint density at radius 3 is 2.50 bits per heavy atom. The van der Waals surface area contributed by atoms with Crippen molar-refractivity contribution >= 4 is 18.3 Å². The highest BCUT2D eigenvalue weighted by Crippen LogP contribution is 2.50. The lowest BCUT2D eigenvalue weighted by atomic mass is 10.1. The van der Waals surface area contributed by atoms with E-state index in [2.05, 4.69) is 19.2 Å². The summed E-state index contributed by atoms with van der Waals surface area (Å²) in [6.45, 7) is 5.19. The number of carbonyl (C=O) groups excluding carboxylic acids is 1. The second kappa shape index (κ2) is 5.72. The van der Waals surface area contributed by atoms with E-state index in [0.29, 0.717) is 11.3 Å². The van der Waals surface area contributed by atoms with Gasteiger partial charge in [-0.1, -0.05) is 44.2 Å². The maximum Gasteiger partial charge on any atom is 0.241 e. The molecule has 0 heterocycles. The molecule has 1 saturated carbocycles. The first kappa shape index (κ1) is 15.0. The topological polar surface area (TPSA) is 55.1 Å². The van der Waals surface area contributed by atoms with Crippen LogP contribution in [0.15, 0.2) is 30.3 Å². The first-order chi connectivity index (χ1) is 8.00. The monoisotopic (exact) mass is 268 g/mol. The molecule has 18 heavy (non-hydrogen) atoms. The fourth-order valence-corrected chi connectivity index (χ4v) is 2.07. The summed E-state index contributed by atoms with van der Waals surface area (Å²) in [5.41, 5.74) is 7.15. The summed E-state index contributed by atoms with van der Waals surface area (Å²) in [5.74, 6) is 0.522. The van der Waals surface area contributed by atoms with Gasteiger partial charge in [-0.2, -0.15) is 0 Å². The predicted molar refractivity (Wildman–Crippen MR) is 75.5 cm³/mol. The zero-order valence-corrected chi connectivity index (χ0v) is 11.7. The van der Waals surface area contributed by atoms with Crippen molar-refractivity contribution in [1.82, 2.24) is 5.32 Å². The van der Waals surface area contributed by atoms with E-state index in [4.69, 9.17) is 5.73 Å². The molecule has 3 N–H and O–H groups in total. The van der Waals surface area contributed by atoms with Gasteiger partial charge in [0, 0.05) is 6.54 Å². The quantitative estimate of drug-likeness (QED) is 0.880. The van der Waals surface area contributed by atoms with E-state index in [0.717, 1.165) is 12.1 Å². The van der Waals surface area contributed by atoms with Crippen molar-refractivity contribution < 1.29 is 4.79 Å². The zero-order valence-electron chi connectivity index (χ0n) is 10.8. The summed E-state index contributed by atoms with van der Waals surface area (Å²) in [6.07, 6.45) is 1.19. The van der Waals surface area contributed by atoms with Crippen LogP contribution in [0.2, 0.25) is 0 Å². The molecule has 4 heteroatoms. The molecule has 0 saturated heterocycles. The molecule has 0 aromatic heterocycles. The Morgan fingerprint density at radius 1 is 1.44 bits per heavy atom. The van der Waals surface area contributed by atoms with Gasteiger partial charge in [0.05, 0.1) is 0 Å². The smallest absolute Gasteiger partial charge is 0.241 e. The van der Waals surface area contributed by atoms with Crippen molar-refractivity contribution in [2.45, 2.75) is 26.3 Å². The Hall–Kier alpha value is -1.06. The van der Waals surface area contributed by atoms with Crippen molar-refractivity contribution in [2.75, 3.05) is 6.54 Å². The second-order valence-electron chi connectivity index (χ2n) is 5.52. The fraction of sp³-hybridized carbons (Fsp3) is 0.500. The fourth-order valence-electron chi connectivity index (χ4n) is 2.07. The van der Waals surface area contributed by atoms with Gasteiger partial charge in [-0.05, 0) is 23.3 Å². The van der Waals surface area contributed by atoms with Crippen LogP contribution in [0.25, 0.3) is 0 Å². The molecule has 1 aliphatic rings. The van der Waals surface area contributed by atoms with Gasteiger partial charge in [0.1, 0.15) is 6.04 Å². The van der Waals surface area contributed by atoms with Crippen LogP contribution in [0.4, 0.5) is 0 Å². The van der Waals surface area contributed by atoms with Crippen LogP contribution in [-0.4, -0.2) is 12.5 Å². The second-order valence-corrected chi connectivity index (χ2v) is 5.52. The molecule has 2 unspecified atom stereocenters. The van der Waals surface area contributed by atoms with Crippen LogP contribution < -0.4 is 11.1 Å². The lowest BCUT2D eigenvalue weighted by molar-refractivity contribution is -0.122. The average molecular weight is 269 g/mol. The summed E-state index contributed by atoms with van der Waals surface area (Å²) < 4.78 is 0. The molecular formula is C14H21ClN2O. The van der Waals surface area contributed by atoms with Crippen molar-refractivity contribution in [2.24, 2.45) is 17.1 Å². The van der Waals surface area contributed by atoms with E-state index in [9.17, 15) is 4.79 Å². The van der Waals surface area contributed by atoms with Gasteiger partial charge in [-0.15, -0.1) is 12.4 Å². The van der Waals surface area contributed by atoms with Gasteiger partial charge >= 0.3 is 0 Å². The van der Waals surface area contributed by atoms with Crippen molar-refractivity contribution in [1.29, 1.82) is 0 Å². The van der Waals surface area contributed by atoms with Crippen LogP contribution in [0.5, 0.6) is 0 Å². The van der Waals surface area contributed by atoms with Gasteiger partial charge in [0.15, 0.2) is 0 Å². The predicted octanol–water partition coefficient (Wildman–Crippen LogP) is 2.27. The van der Waals surface area contributed by atoms with Crippen LogP contribution in [0.3, 0.4) is 0 Å². The normalized spacial score (nSPS) is 21.6. The van der Waals surface area contributed by atoms with Gasteiger partial charge < -0.3 is 11.1 Å². The third kappa shape index (κ3) is 3.47. The summed E-state index contributed by atoms with van der Waals surface area (Å²) in [5, 5.41) is 2.93. The SMILES string of the molecule is CC1(C)CC1CNC(=O)C(N)c1ccccc1.Cl. The Morgan fingerprint density at radius 2 is 2.00 bits per heavy atom. The van der Waals surface area contributed by atoms with Gasteiger partial charge in [-0.3, -0.25) is 4.79 Å². The van der Waals surface area contributed by atoms with Crippen LogP contribution in [-0.2, 0) is 4.79 Å². The molecule has 1 aliphatic carbocycles. The van der Waals surface area contributed by atoms with E-state index < -0.39 is 6.04 Å². The molecule has 2 rings (SSSR count). The number of amides is 1. The van der Waals surface area contributed by atoms with Gasteiger partial charge in [0.25, 0.3) is 0 Å². The van der Waals surface area contributed by atoms with E-state index in [-0.39, 0.29) is 18.3 Å².